The van der Waals surface area contributed by atoms with E-state index in [0.717, 1.165) is 18.1 Å². The second-order valence-corrected chi connectivity index (χ2v) is 7.04. The maximum atomic E-state index is 12.0. The van der Waals surface area contributed by atoms with E-state index in [2.05, 4.69) is 38.9 Å². The second-order valence-electron chi connectivity index (χ2n) is 6.10. The number of para-hydroxylation sites is 1. The molecule has 1 amide bonds. The lowest BCUT2D eigenvalue weighted by molar-refractivity contribution is -0.118. The SMILES string of the molecule is CN(CCCNC(=O)CSc1nccn1C1CC1)c1ccccc1. The molecular weight excluding hydrogens is 320 g/mol. The monoisotopic (exact) mass is 344 g/mol. The number of amides is 1. The highest BCUT2D eigenvalue weighted by Crippen LogP contribution is 2.37. The summed E-state index contributed by atoms with van der Waals surface area (Å²) in [6.45, 7) is 1.62. The minimum atomic E-state index is 0.0766. The van der Waals surface area contributed by atoms with Gasteiger partial charge in [-0.25, -0.2) is 4.98 Å². The van der Waals surface area contributed by atoms with E-state index in [9.17, 15) is 4.79 Å². The van der Waals surface area contributed by atoms with Crippen LogP contribution in [0, 0.1) is 0 Å². The highest BCUT2D eigenvalue weighted by molar-refractivity contribution is 7.99. The largest absolute Gasteiger partial charge is 0.375 e. The first kappa shape index (κ1) is 16.9. The normalized spacial score (nSPS) is 13.7. The van der Waals surface area contributed by atoms with Crippen molar-refractivity contribution in [2.24, 2.45) is 0 Å². The van der Waals surface area contributed by atoms with Gasteiger partial charge in [0.05, 0.1) is 5.75 Å². The number of anilines is 1. The molecule has 5 nitrogen and oxygen atoms in total. The van der Waals surface area contributed by atoms with E-state index in [1.54, 1.807) is 0 Å². The van der Waals surface area contributed by atoms with Crippen LogP contribution in [-0.2, 0) is 4.79 Å². The van der Waals surface area contributed by atoms with Gasteiger partial charge in [0.1, 0.15) is 0 Å². The Morgan fingerprint density at radius 1 is 1.38 bits per heavy atom. The lowest BCUT2D eigenvalue weighted by atomic mass is 10.3. The number of benzene rings is 1. The molecule has 1 aliphatic carbocycles. The topological polar surface area (TPSA) is 50.2 Å². The van der Waals surface area contributed by atoms with Crippen molar-refractivity contribution in [3.05, 3.63) is 42.7 Å². The molecule has 3 rings (SSSR count). The van der Waals surface area contributed by atoms with E-state index in [1.807, 2.05) is 30.6 Å². The fourth-order valence-electron chi connectivity index (χ4n) is 2.58. The molecule has 1 aromatic heterocycles. The number of carbonyl (C=O) groups excluding carboxylic acids is 1. The second kappa shape index (κ2) is 8.24. The minimum Gasteiger partial charge on any atom is -0.375 e. The molecule has 0 radical (unpaired) electrons. The molecule has 0 bridgehead atoms. The zero-order valence-electron chi connectivity index (χ0n) is 14.0. The number of nitrogens with zero attached hydrogens (tertiary/aromatic N) is 3. The van der Waals surface area contributed by atoms with Crippen molar-refractivity contribution in [3.63, 3.8) is 0 Å². The Balaban J connectivity index is 1.32. The van der Waals surface area contributed by atoms with Gasteiger partial charge in [-0.05, 0) is 31.4 Å². The molecule has 24 heavy (non-hydrogen) atoms. The highest BCUT2D eigenvalue weighted by Gasteiger charge is 2.25. The van der Waals surface area contributed by atoms with Crippen LogP contribution in [0.5, 0.6) is 0 Å². The Hall–Kier alpha value is -1.95. The summed E-state index contributed by atoms with van der Waals surface area (Å²) in [5, 5.41) is 3.95. The summed E-state index contributed by atoms with van der Waals surface area (Å²) >= 11 is 1.52. The van der Waals surface area contributed by atoms with Gasteiger partial charge in [-0.2, -0.15) is 0 Å². The van der Waals surface area contributed by atoms with Crippen LogP contribution in [0.3, 0.4) is 0 Å². The molecule has 1 heterocycles. The van der Waals surface area contributed by atoms with Crippen molar-refractivity contribution in [3.8, 4) is 0 Å². The number of carbonyl (C=O) groups is 1. The molecule has 0 spiro atoms. The predicted molar refractivity (Wildman–Crippen MR) is 98.6 cm³/mol. The van der Waals surface area contributed by atoms with E-state index < -0.39 is 0 Å². The van der Waals surface area contributed by atoms with Crippen molar-refractivity contribution >= 4 is 23.4 Å². The van der Waals surface area contributed by atoms with Crippen molar-refractivity contribution < 1.29 is 4.79 Å². The summed E-state index contributed by atoms with van der Waals surface area (Å²) in [7, 11) is 2.07. The molecule has 128 valence electrons. The van der Waals surface area contributed by atoms with Crippen molar-refractivity contribution in [1.29, 1.82) is 0 Å². The first-order chi connectivity index (χ1) is 11.7. The lowest BCUT2D eigenvalue weighted by Gasteiger charge is -2.19. The molecule has 0 unspecified atom stereocenters. The summed E-state index contributed by atoms with van der Waals surface area (Å²) in [6, 6.07) is 10.9. The lowest BCUT2D eigenvalue weighted by Crippen LogP contribution is -2.29. The molecular formula is C18H24N4OS. The summed E-state index contributed by atoms with van der Waals surface area (Å²) in [5.41, 5.74) is 1.20. The molecule has 1 fully saturated rings. The fourth-order valence-corrected chi connectivity index (χ4v) is 3.44. The van der Waals surface area contributed by atoms with Crippen LogP contribution in [0.15, 0.2) is 47.9 Å². The Morgan fingerprint density at radius 3 is 2.92 bits per heavy atom. The number of imidazole rings is 1. The van der Waals surface area contributed by atoms with Gasteiger partial charge in [-0.1, -0.05) is 30.0 Å². The van der Waals surface area contributed by atoms with E-state index in [0.29, 0.717) is 18.3 Å². The quantitative estimate of drug-likeness (QED) is 0.561. The summed E-state index contributed by atoms with van der Waals surface area (Å²) in [4.78, 5) is 18.5. The molecule has 0 aliphatic heterocycles. The first-order valence-corrected chi connectivity index (χ1v) is 9.41. The molecule has 1 saturated carbocycles. The molecule has 6 heteroatoms. The van der Waals surface area contributed by atoms with Gasteiger partial charge in [-0.3, -0.25) is 4.79 Å². The first-order valence-electron chi connectivity index (χ1n) is 8.42. The summed E-state index contributed by atoms with van der Waals surface area (Å²) in [5.74, 6) is 0.505. The van der Waals surface area contributed by atoms with Gasteiger partial charge in [-0.15, -0.1) is 0 Å². The van der Waals surface area contributed by atoms with Crippen molar-refractivity contribution in [2.75, 3.05) is 30.8 Å². The van der Waals surface area contributed by atoms with Crippen LogP contribution >= 0.6 is 11.8 Å². The number of thioether (sulfide) groups is 1. The zero-order chi connectivity index (χ0) is 16.8. The van der Waals surface area contributed by atoms with E-state index in [-0.39, 0.29) is 5.91 Å². The van der Waals surface area contributed by atoms with Gasteiger partial charge < -0.3 is 14.8 Å². The molecule has 1 aliphatic rings. The third-order valence-corrected chi connectivity index (χ3v) is 5.08. The van der Waals surface area contributed by atoms with E-state index >= 15 is 0 Å². The van der Waals surface area contributed by atoms with Crippen LogP contribution < -0.4 is 10.2 Å². The minimum absolute atomic E-state index is 0.0766. The van der Waals surface area contributed by atoms with Gasteiger partial charge in [0, 0.05) is 44.3 Å². The number of hydrogen-bond acceptors (Lipinski definition) is 4. The average molecular weight is 344 g/mol. The van der Waals surface area contributed by atoms with Gasteiger partial charge >= 0.3 is 0 Å². The van der Waals surface area contributed by atoms with Crippen molar-refractivity contribution in [2.45, 2.75) is 30.5 Å². The highest BCUT2D eigenvalue weighted by atomic mass is 32.2. The Kier molecular flexibility index (Phi) is 5.80. The average Bonchev–Trinajstić information content (AvgIpc) is 3.35. The molecule has 0 atom stereocenters. The van der Waals surface area contributed by atoms with Crippen molar-refractivity contribution in [1.82, 2.24) is 14.9 Å². The zero-order valence-corrected chi connectivity index (χ0v) is 14.8. The standard InChI is InChI=1S/C18H24N4OS/c1-21(15-6-3-2-4-7-15)12-5-10-19-17(23)14-24-18-20-11-13-22(18)16-8-9-16/h2-4,6-7,11,13,16H,5,8-10,12,14H2,1H3,(H,19,23). The smallest absolute Gasteiger partial charge is 0.230 e. The molecule has 0 saturated heterocycles. The van der Waals surface area contributed by atoms with Gasteiger partial charge in [0.2, 0.25) is 5.91 Å². The number of nitrogens with one attached hydrogen (secondary N) is 1. The van der Waals surface area contributed by atoms with Crippen LogP contribution in [0.2, 0.25) is 0 Å². The molecule has 2 aromatic rings. The Morgan fingerprint density at radius 2 is 2.17 bits per heavy atom. The maximum absolute atomic E-state index is 12.0. The van der Waals surface area contributed by atoms with E-state index in [1.165, 1.54) is 30.3 Å². The number of rotatable bonds is 9. The fraction of sp³-hybridized carbons (Fsp3) is 0.444. The molecule has 1 N–H and O–H groups in total. The third kappa shape index (κ3) is 4.77. The predicted octanol–water partition coefficient (Wildman–Crippen LogP) is 2.95. The summed E-state index contributed by atoms with van der Waals surface area (Å²) in [6.07, 6.45) is 7.21. The van der Waals surface area contributed by atoms with Gasteiger partial charge in [0.15, 0.2) is 5.16 Å². The Bertz CT molecular complexity index is 654. The van der Waals surface area contributed by atoms with Crippen LogP contribution in [0.4, 0.5) is 5.69 Å². The molecule has 1 aromatic carbocycles. The number of hydrogen-bond donors (Lipinski definition) is 1. The number of aromatic nitrogens is 2. The van der Waals surface area contributed by atoms with Gasteiger partial charge in [0.25, 0.3) is 0 Å². The van der Waals surface area contributed by atoms with Crippen LogP contribution in [0.1, 0.15) is 25.3 Å². The Labute approximate surface area is 147 Å². The van der Waals surface area contributed by atoms with Crippen LogP contribution in [0.25, 0.3) is 0 Å². The van der Waals surface area contributed by atoms with Crippen LogP contribution in [-0.4, -0.2) is 41.3 Å². The third-order valence-electron chi connectivity index (χ3n) is 4.10. The van der Waals surface area contributed by atoms with E-state index in [4.69, 9.17) is 0 Å². The maximum Gasteiger partial charge on any atom is 0.230 e. The summed E-state index contributed by atoms with van der Waals surface area (Å²) < 4.78 is 2.19.